The Morgan fingerprint density at radius 3 is 2.73 bits per heavy atom. The summed E-state index contributed by atoms with van der Waals surface area (Å²) >= 11 is 0. The monoisotopic (exact) mass is 210 g/mol. The van der Waals surface area contributed by atoms with Crippen LogP contribution in [0.3, 0.4) is 0 Å². The zero-order valence-corrected chi connectivity index (χ0v) is 8.64. The molecule has 0 unspecified atom stereocenters. The van der Waals surface area contributed by atoms with Crippen LogP contribution in [0.1, 0.15) is 12.8 Å². The van der Waals surface area contributed by atoms with Crippen LogP contribution in [-0.4, -0.2) is 28.7 Å². The lowest BCUT2D eigenvalue weighted by Crippen LogP contribution is -2.06. The number of nitrogens with two attached hydrogens (primary N) is 1. The molecule has 0 bridgehead atoms. The van der Waals surface area contributed by atoms with Crippen molar-refractivity contribution >= 4 is 5.95 Å². The number of rotatable bonds is 6. The van der Waals surface area contributed by atoms with Crippen molar-refractivity contribution in [1.82, 2.24) is 15.0 Å². The molecular formula is C9H14N4O2. The van der Waals surface area contributed by atoms with Gasteiger partial charge in [-0.25, -0.2) is 0 Å². The van der Waals surface area contributed by atoms with Gasteiger partial charge in [-0.1, -0.05) is 6.08 Å². The van der Waals surface area contributed by atoms with Gasteiger partial charge in [0.15, 0.2) is 0 Å². The van der Waals surface area contributed by atoms with E-state index >= 15 is 0 Å². The van der Waals surface area contributed by atoms with Crippen LogP contribution in [-0.2, 0) is 0 Å². The fourth-order valence-corrected chi connectivity index (χ4v) is 0.900. The van der Waals surface area contributed by atoms with E-state index in [-0.39, 0.29) is 18.0 Å². The molecule has 1 heterocycles. The highest BCUT2D eigenvalue weighted by Gasteiger charge is 2.04. The molecule has 0 aliphatic heterocycles. The number of hydrogen-bond acceptors (Lipinski definition) is 6. The highest BCUT2D eigenvalue weighted by atomic mass is 16.5. The van der Waals surface area contributed by atoms with Crippen molar-refractivity contribution in [1.29, 1.82) is 0 Å². The number of nitrogen functional groups attached to an aromatic ring is 1. The van der Waals surface area contributed by atoms with Gasteiger partial charge >= 0.3 is 12.0 Å². The molecule has 6 heteroatoms. The second kappa shape index (κ2) is 5.79. The average Bonchev–Trinajstić information content (AvgIpc) is 2.23. The molecular weight excluding hydrogens is 196 g/mol. The summed E-state index contributed by atoms with van der Waals surface area (Å²) in [5, 5.41) is 0. The Labute approximate surface area is 88.2 Å². The van der Waals surface area contributed by atoms with E-state index in [0.29, 0.717) is 6.61 Å². The number of aromatic nitrogens is 3. The number of anilines is 1. The van der Waals surface area contributed by atoms with Gasteiger partial charge in [0.1, 0.15) is 0 Å². The largest absolute Gasteiger partial charge is 0.467 e. The van der Waals surface area contributed by atoms with Gasteiger partial charge in [-0.3, -0.25) is 0 Å². The molecule has 0 aliphatic carbocycles. The minimum atomic E-state index is 0.0839. The Bertz CT molecular complexity index is 330. The van der Waals surface area contributed by atoms with Gasteiger partial charge in [-0.15, -0.1) is 11.6 Å². The van der Waals surface area contributed by atoms with Gasteiger partial charge in [0.25, 0.3) is 0 Å². The minimum absolute atomic E-state index is 0.0839. The van der Waals surface area contributed by atoms with Crippen LogP contribution < -0.4 is 15.2 Å². The van der Waals surface area contributed by atoms with E-state index in [1.54, 1.807) is 0 Å². The van der Waals surface area contributed by atoms with Crippen LogP contribution >= 0.6 is 0 Å². The zero-order valence-electron chi connectivity index (χ0n) is 8.64. The van der Waals surface area contributed by atoms with Crippen LogP contribution in [0.2, 0.25) is 0 Å². The zero-order chi connectivity index (χ0) is 11.1. The predicted octanol–water partition coefficient (Wildman–Crippen LogP) is 0.807. The standard InChI is InChI=1S/C9H14N4O2/c1-3-4-5-6-15-9-12-7(10)11-8(13-9)14-2/h3H,1,4-6H2,2H3,(H2,10,11,12,13). The lowest BCUT2D eigenvalue weighted by atomic mass is 10.3. The summed E-state index contributed by atoms with van der Waals surface area (Å²) in [5.41, 5.74) is 5.43. The van der Waals surface area contributed by atoms with E-state index < -0.39 is 0 Å². The van der Waals surface area contributed by atoms with Crippen molar-refractivity contribution in [3.63, 3.8) is 0 Å². The lowest BCUT2D eigenvalue weighted by molar-refractivity contribution is 0.277. The molecule has 0 radical (unpaired) electrons. The third kappa shape index (κ3) is 3.80. The van der Waals surface area contributed by atoms with Crippen LogP contribution in [0.4, 0.5) is 5.95 Å². The summed E-state index contributed by atoms with van der Waals surface area (Å²) in [6, 6.07) is 0.338. The Hall–Kier alpha value is -1.85. The molecule has 0 fully saturated rings. The predicted molar refractivity (Wildman–Crippen MR) is 55.7 cm³/mol. The van der Waals surface area contributed by atoms with Gasteiger partial charge in [0.2, 0.25) is 5.95 Å². The van der Waals surface area contributed by atoms with E-state index in [1.807, 2.05) is 6.08 Å². The fourth-order valence-electron chi connectivity index (χ4n) is 0.900. The Morgan fingerprint density at radius 2 is 2.07 bits per heavy atom. The molecule has 1 aromatic rings. The molecule has 6 nitrogen and oxygen atoms in total. The first kappa shape index (κ1) is 11.2. The molecule has 0 atom stereocenters. The Kier molecular flexibility index (Phi) is 4.33. The van der Waals surface area contributed by atoms with Crippen molar-refractivity contribution in [2.45, 2.75) is 12.8 Å². The van der Waals surface area contributed by atoms with Gasteiger partial charge in [0, 0.05) is 0 Å². The third-order valence-electron chi connectivity index (χ3n) is 1.58. The summed E-state index contributed by atoms with van der Waals surface area (Å²) in [6.07, 6.45) is 3.57. The molecule has 0 saturated carbocycles. The summed E-state index contributed by atoms with van der Waals surface area (Å²) in [7, 11) is 1.45. The Morgan fingerprint density at radius 1 is 1.33 bits per heavy atom. The normalized spacial score (nSPS) is 9.67. The van der Waals surface area contributed by atoms with Crippen molar-refractivity contribution in [3.8, 4) is 12.0 Å². The molecule has 15 heavy (non-hydrogen) atoms. The molecule has 0 spiro atoms. The summed E-state index contributed by atoms with van der Waals surface area (Å²) in [5.74, 6) is 0.0839. The number of methoxy groups -OCH3 is 1. The number of allylic oxidation sites excluding steroid dienone is 1. The SMILES string of the molecule is C=CCCCOc1nc(N)nc(OC)n1. The van der Waals surface area contributed by atoms with Crippen LogP contribution in [0.5, 0.6) is 12.0 Å². The topological polar surface area (TPSA) is 83.2 Å². The molecule has 1 aromatic heterocycles. The summed E-state index contributed by atoms with van der Waals surface area (Å²) in [4.78, 5) is 11.4. The second-order valence-electron chi connectivity index (χ2n) is 2.74. The van der Waals surface area contributed by atoms with Crippen molar-refractivity contribution in [2.75, 3.05) is 19.5 Å². The number of ether oxygens (including phenoxy) is 2. The van der Waals surface area contributed by atoms with E-state index in [9.17, 15) is 0 Å². The quantitative estimate of drug-likeness (QED) is 0.552. The average molecular weight is 210 g/mol. The highest BCUT2D eigenvalue weighted by Crippen LogP contribution is 2.10. The van der Waals surface area contributed by atoms with Crippen molar-refractivity contribution < 1.29 is 9.47 Å². The van der Waals surface area contributed by atoms with E-state index in [4.69, 9.17) is 15.2 Å². The van der Waals surface area contributed by atoms with Crippen molar-refractivity contribution in [3.05, 3.63) is 12.7 Å². The molecule has 1 rings (SSSR count). The molecule has 2 N–H and O–H groups in total. The molecule has 82 valence electrons. The molecule has 0 aromatic carbocycles. The van der Waals surface area contributed by atoms with E-state index in [0.717, 1.165) is 12.8 Å². The van der Waals surface area contributed by atoms with Crippen LogP contribution in [0.25, 0.3) is 0 Å². The van der Waals surface area contributed by atoms with E-state index in [2.05, 4.69) is 21.5 Å². The van der Waals surface area contributed by atoms with Gasteiger partial charge in [-0.2, -0.15) is 9.97 Å². The second-order valence-corrected chi connectivity index (χ2v) is 2.74. The minimum Gasteiger partial charge on any atom is -0.467 e. The third-order valence-corrected chi connectivity index (χ3v) is 1.58. The Balaban J connectivity index is 2.52. The fraction of sp³-hybridized carbons (Fsp3) is 0.444. The molecule has 0 saturated heterocycles. The van der Waals surface area contributed by atoms with E-state index in [1.165, 1.54) is 7.11 Å². The first-order chi connectivity index (χ1) is 7.26. The lowest BCUT2D eigenvalue weighted by Gasteiger charge is -2.04. The number of hydrogen-bond donors (Lipinski definition) is 1. The first-order valence-electron chi connectivity index (χ1n) is 4.55. The van der Waals surface area contributed by atoms with Gasteiger partial charge in [0.05, 0.1) is 13.7 Å². The maximum Gasteiger partial charge on any atom is 0.324 e. The van der Waals surface area contributed by atoms with Crippen LogP contribution in [0, 0.1) is 0 Å². The maximum absolute atomic E-state index is 5.43. The van der Waals surface area contributed by atoms with Gasteiger partial charge in [-0.05, 0) is 12.8 Å². The molecule has 0 aliphatic rings. The van der Waals surface area contributed by atoms with Crippen molar-refractivity contribution in [2.24, 2.45) is 0 Å². The number of unbranched alkanes of at least 4 members (excludes halogenated alkanes) is 1. The summed E-state index contributed by atoms with van der Waals surface area (Å²) in [6.45, 7) is 4.12. The smallest absolute Gasteiger partial charge is 0.324 e. The van der Waals surface area contributed by atoms with Crippen LogP contribution in [0.15, 0.2) is 12.7 Å². The highest BCUT2D eigenvalue weighted by molar-refractivity contribution is 5.20. The number of nitrogens with zero attached hydrogens (tertiary/aromatic N) is 3. The maximum atomic E-state index is 5.43. The first-order valence-corrected chi connectivity index (χ1v) is 4.55. The molecule has 0 amide bonds. The summed E-state index contributed by atoms with van der Waals surface area (Å²) < 4.78 is 10.1. The van der Waals surface area contributed by atoms with Gasteiger partial charge < -0.3 is 15.2 Å².